The Balaban J connectivity index is 2.18. The van der Waals surface area contributed by atoms with Gasteiger partial charge in [0.1, 0.15) is 0 Å². The molecular formula is C21H27NO3. The average molecular weight is 341 g/mol. The van der Waals surface area contributed by atoms with Crippen LogP contribution in [-0.4, -0.2) is 19.1 Å². The summed E-state index contributed by atoms with van der Waals surface area (Å²) in [6.07, 6.45) is 0. The van der Waals surface area contributed by atoms with Crippen molar-refractivity contribution in [3.8, 4) is 11.5 Å². The van der Waals surface area contributed by atoms with Crippen molar-refractivity contribution in [1.29, 1.82) is 0 Å². The molecule has 0 radical (unpaired) electrons. The molecule has 1 N–H and O–H groups in total. The lowest BCUT2D eigenvalue weighted by Gasteiger charge is -2.18. The maximum Gasteiger partial charge on any atom is 0.252 e. The van der Waals surface area contributed by atoms with Gasteiger partial charge in [0.15, 0.2) is 11.5 Å². The second-order valence-electron chi connectivity index (χ2n) is 6.09. The van der Waals surface area contributed by atoms with Gasteiger partial charge in [-0.15, -0.1) is 0 Å². The summed E-state index contributed by atoms with van der Waals surface area (Å²) in [6, 6.07) is 11.5. The molecule has 4 heteroatoms. The van der Waals surface area contributed by atoms with E-state index < -0.39 is 0 Å². The third-order valence-corrected chi connectivity index (χ3v) is 4.04. The first-order valence-electron chi connectivity index (χ1n) is 8.73. The molecule has 0 aliphatic rings. The predicted octanol–water partition coefficient (Wildman–Crippen LogP) is 4.59. The molecule has 0 saturated carbocycles. The smallest absolute Gasteiger partial charge is 0.252 e. The van der Waals surface area contributed by atoms with Gasteiger partial charge in [0, 0.05) is 5.56 Å². The van der Waals surface area contributed by atoms with E-state index in [0.717, 1.165) is 22.4 Å². The zero-order chi connectivity index (χ0) is 18.4. The van der Waals surface area contributed by atoms with Crippen LogP contribution in [0.4, 0.5) is 0 Å². The van der Waals surface area contributed by atoms with Crippen molar-refractivity contribution in [2.24, 2.45) is 0 Å². The van der Waals surface area contributed by atoms with E-state index in [1.54, 1.807) is 0 Å². The Morgan fingerprint density at radius 3 is 2.32 bits per heavy atom. The molecule has 0 heterocycles. The number of nitrogens with one attached hydrogen (secondary N) is 1. The molecule has 1 amide bonds. The summed E-state index contributed by atoms with van der Waals surface area (Å²) in [5.74, 6) is 1.35. The van der Waals surface area contributed by atoms with Crippen molar-refractivity contribution in [3.05, 3.63) is 58.7 Å². The normalized spacial score (nSPS) is 11.7. The third kappa shape index (κ3) is 4.75. The van der Waals surface area contributed by atoms with E-state index in [-0.39, 0.29) is 11.9 Å². The molecular weight excluding hydrogens is 314 g/mol. The van der Waals surface area contributed by atoms with Crippen molar-refractivity contribution in [2.45, 2.75) is 40.7 Å². The van der Waals surface area contributed by atoms with E-state index >= 15 is 0 Å². The maximum atomic E-state index is 12.6. The number of carbonyl (C=O) groups excluding carboxylic acids is 1. The fourth-order valence-corrected chi connectivity index (χ4v) is 2.76. The number of hydrogen-bond acceptors (Lipinski definition) is 3. The Labute approximate surface area is 150 Å². The number of rotatable bonds is 7. The Hall–Kier alpha value is -2.49. The average Bonchev–Trinajstić information content (AvgIpc) is 2.56. The van der Waals surface area contributed by atoms with Crippen molar-refractivity contribution in [3.63, 3.8) is 0 Å². The van der Waals surface area contributed by atoms with Crippen molar-refractivity contribution in [1.82, 2.24) is 5.32 Å². The Bertz CT molecular complexity index is 740. The van der Waals surface area contributed by atoms with Gasteiger partial charge >= 0.3 is 0 Å². The maximum absolute atomic E-state index is 12.6. The fraction of sp³-hybridized carbons (Fsp3) is 0.381. The highest BCUT2D eigenvalue weighted by molar-refractivity contribution is 5.95. The largest absolute Gasteiger partial charge is 0.490 e. The standard InChI is InChI=1S/C21H27NO3/c1-6-24-19-11-9-17(13-20(19)25-7-2)16(5)22-21(23)18-10-8-14(3)12-15(18)4/h8-13,16H,6-7H2,1-5H3,(H,22,23)/t16-/m0/s1. The topological polar surface area (TPSA) is 47.6 Å². The molecule has 0 aliphatic heterocycles. The van der Waals surface area contributed by atoms with Gasteiger partial charge in [-0.3, -0.25) is 4.79 Å². The summed E-state index contributed by atoms with van der Waals surface area (Å²) in [7, 11) is 0. The van der Waals surface area contributed by atoms with Gasteiger partial charge in [0.2, 0.25) is 0 Å². The van der Waals surface area contributed by atoms with Crippen LogP contribution in [0.2, 0.25) is 0 Å². The van der Waals surface area contributed by atoms with E-state index in [4.69, 9.17) is 9.47 Å². The minimum atomic E-state index is -0.136. The van der Waals surface area contributed by atoms with Gasteiger partial charge in [-0.05, 0) is 63.9 Å². The molecule has 0 unspecified atom stereocenters. The Kier molecular flexibility index (Phi) is 6.45. The zero-order valence-electron chi connectivity index (χ0n) is 15.7. The highest BCUT2D eigenvalue weighted by Gasteiger charge is 2.15. The molecule has 2 aromatic carbocycles. The van der Waals surface area contributed by atoms with Crippen molar-refractivity contribution < 1.29 is 14.3 Å². The Morgan fingerprint density at radius 1 is 1.00 bits per heavy atom. The fourth-order valence-electron chi connectivity index (χ4n) is 2.76. The third-order valence-electron chi connectivity index (χ3n) is 4.04. The van der Waals surface area contributed by atoms with E-state index in [0.29, 0.717) is 24.5 Å². The van der Waals surface area contributed by atoms with Crippen LogP contribution >= 0.6 is 0 Å². The molecule has 0 saturated heterocycles. The van der Waals surface area contributed by atoms with Crippen LogP contribution in [0.1, 0.15) is 53.9 Å². The number of hydrogen-bond donors (Lipinski definition) is 1. The van der Waals surface area contributed by atoms with Crippen LogP contribution in [0.5, 0.6) is 11.5 Å². The summed E-state index contributed by atoms with van der Waals surface area (Å²) >= 11 is 0. The van der Waals surface area contributed by atoms with Crippen molar-refractivity contribution in [2.75, 3.05) is 13.2 Å². The Morgan fingerprint density at radius 2 is 1.68 bits per heavy atom. The molecule has 2 aromatic rings. The molecule has 2 rings (SSSR count). The lowest BCUT2D eigenvalue weighted by Crippen LogP contribution is -2.27. The number of benzene rings is 2. The SMILES string of the molecule is CCOc1ccc([C@H](C)NC(=O)c2ccc(C)cc2C)cc1OCC. The summed E-state index contributed by atoms with van der Waals surface area (Å²) in [5.41, 5.74) is 3.81. The van der Waals surface area contributed by atoms with Crippen LogP contribution in [-0.2, 0) is 0 Å². The molecule has 0 fully saturated rings. The van der Waals surface area contributed by atoms with Crippen LogP contribution in [0.15, 0.2) is 36.4 Å². The summed E-state index contributed by atoms with van der Waals surface area (Å²) in [4.78, 5) is 12.6. The molecule has 4 nitrogen and oxygen atoms in total. The minimum absolute atomic E-state index is 0.0724. The lowest BCUT2D eigenvalue weighted by molar-refractivity contribution is 0.0939. The summed E-state index contributed by atoms with van der Waals surface area (Å²) in [5, 5.41) is 3.06. The molecule has 1 atom stereocenters. The zero-order valence-corrected chi connectivity index (χ0v) is 15.7. The number of amides is 1. The van der Waals surface area contributed by atoms with Gasteiger partial charge in [-0.1, -0.05) is 23.8 Å². The van der Waals surface area contributed by atoms with E-state index in [2.05, 4.69) is 5.32 Å². The first-order chi connectivity index (χ1) is 12.0. The first-order valence-corrected chi connectivity index (χ1v) is 8.73. The second-order valence-corrected chi connectivity index (χ2v) is 6.09. The number of carbonyl (C=O) groups is 1. The quantitative estimate of drug-likeness (QED) is 0.801. The number of aryl methyl sites for hydroxylation is 2. The van der Waals surface area contributed by atoms with Gasteiger partial charge in [0.25, 0.3) is 5.91 Å². The van der Waals surface area contributed by atoms with Crippen LogP contribution < -0.4 is 14.8 Å². The highest BCUT2D eigenvalue weighted by Crippen LogP contribution is 2.30. The molecule has 0 spiro atoms. The van der Waals surface area contributed by atoms with Gasteiger partial charge in [-0.25, -0.2) is 0 Å². The molecule has 0 aromatic heterocycles. The summed E-state index contributed by atoms with van der Waals surface area (Å²) in [6.45, 7) is 11.0. The second kappa shape index (κ2) is 8.56. The van der Waals surface area contributed by atoms with Crippen LogP contribution in [0.25, 0.3) is 0 Å². The van der Waals surface area contributed by atoms with Gasteiger partial charge in [-0.2, -0.15) is 0 Å². The number of ether oxygens (including phenoxy) is 2. The molecule has 134 valence electrons. The first kappa shape index (κ1) is 18.8. The minimum Gasteiger partial charge on any atom is -0.490 e. The molecule has 0 bridgehead atoms. The van der Waals surface area contributed by atoms with E-state index in [1.807, 2.05) is 71.0 Å². The van der Waals surface area contributed by atoms with Gasteiger partial charge in [0.05, 0.1) is 19.3 Å². The monoisotopic (exact) mass is 341 g/mol. The van der Waals surface area contributed by atoms with E-state index in [1.165, 1.54) is 0 Å². The van der Waals surface area contributed by atoms with Crippen LogP contribution in [0.3, 0.4) is 0 Å². The van der Waals surface area contributed by atoms with Crippen molar-refractivity contribution >= 4 is 5.91 Å². The highest BCUT2D eigenvalue weighted by atomic mass is 16.5. The summed E-state index contributed by atoms with van der Waals surface area (Å²) < 4.78 is 11.3. The molecule has 0 aliphatic carbocycles. The van der Waals surface area contributed by atoms with Gasteiger partial charge < -0.3 is 14.8 Å². The predicted molar refractivity (Wildman–Crippen MR) is 101 cm³/mol. The molecule has 25 heavy (non-hydrogen) atoms. The van der Waals surface area contributed by atoms with Crippen LogP contribution in [0, 0.1) is 13.8 Å². The van der Waals surface area contributed by atoms with E-state index in [9.17, 15) is 4.79 Å². The lowest BCUT2D eigenvalue weighted by atomic mass is 10.0.